The third-order valence-electron chi connectivity index (χ3n) is 4.17. The summed E-state index contributed by atoms with van der Waals surface area (Å²) < 4.78 is 26.8. The van der Waals surface area contributed by atoms with Crippen LogP contribution in [0, 0.1) is 12.3 Å². The van der Waals surface area contributed by atoms with Gasteiger partial charge in [0.2, 0.25) is 10.0 Å². The third-order valence-corrected chi connectivity index (χ3v) is 6.40. The summed E-state index contributed by atoms with van der Waals surface area (Å²) in [5.74, 6) is 1.99. The lowest BCUT2D eigenvalue weighted by molar-refractivity contribution is 0.102. The van der Waals surface area contributed by atoms with Gasteiger partial charge in [0.05, 0.1) is 15.5 Å². The molecule has 2 aromatic carbocycles. The van der Waals surface area contributed by atoms with E-state index in [1.54, 1.807) is 24.3 Å². The molecular weight excluding hydrogens is 372 g/mol. The maximum atomic E-state index is 12.7. The van der Waals surface area contributed by atoms with Crippen LogP contribution in [-0.2, 0) is 10.0 Å². The zero-order valence-corrected chi connectivity index (χ0v) is 15.5. The van der Waals surface area contributed by atoms with E-state index in [9.17, 15) is 13.2 Å². The van der Waals surface area contributed by atoms with Gasteiger partial charge in [0.1, 0.15) is 0 Å². The predicted octanol–water partition coefficient (Wildman–Crippen LogP) is 3.36. The van der Waals surface area contributed by atoms with Gasteiger partial charge in [-0.2, -0.15) is 4.31 Å². The van der Waals surface area contributed by atoms with Crippen molar-refractivity contribution in [1.82, 2.24) is 4.31 Å². The SMILES string of the molecule is C#Cc1cccc(NC(=O)c2cc(S(=O)(=O)N3CCCC3)ccc2Cl)c1. The fraction of sp³-hybridized carbons (Fsp3) is 0.211. The molecule has 5 nitrogen and oxygen atoms in total. The molecule has 0 unspecified atom stereocenters. The molecule has 7 heteroatoms. The van der Waals surface area contributed by atoms with Crippen molar-refractivity contribution in [3.63, 3.8) is 0 Å². The normalized spacial score (nSPS) is 14.8. The Bertz CT molecular complexity index is 990. The molecule has 1 heterocycles. The number of carbonyl (C=O) groups is 1. The Morgan fingerprint density at radius 3 is 2.58 bits per heavy atom. The fourth-order valence-corrected chi connectivity index (χ4v) is 4.55. The molecule has 0 aliphatic carbocycles. The molecule has 0 saturated carbocycles. The molecule has 1 aliphatic heterocycles. The third kappa shape index (κ3) is 3.75. The lowest BCUT2D eigenvalue weighted by atomic mass is 10.2. The van der Waals surface area contributed by atoms with Gasteiger partial charge in [-0.05, 0) is 49.2 Å². The number of carbonyl (C=O) groups excluding carboxylic acids is 1. The predicted molar refractivity (Wildman–Crippen MR) is 102 cm³/mol. The summed E-state index contributed by atoms with van der Waals surface area (Å²) >= 11 is 6.12. The van der Waals surface area contributed by atoms with Crippen LogP contribution in [0.15, 0.2) is 47.4 Å². The van der Waals surface area contributed by atoms with Crippen molar-refractivity contribution >= 4 is 33.2 Å². The maximum Gasteiger partial charge on any atom is 0.257 e. The summed E-state index contributed by atoms with van der Waals surface area (Å²) in [6.07, 6.45) is 7.04. The number of amides is 1. The van der Waals surface area contributed by atoms with Gasteiger partial charge < -0.3 is 5.32 Å². The second-order valence-corrected chi connectivity index (χ2v) is 8.28. The van der Waals surface area contributed by atoms with Gasteiger partial charge in [0, 0.05) is 24.3 Å². The van der Waals surface area contributed by atoms with E-state index in [-0.39, 0.29) is 15.5 Å². The molecule has 1 N–H and O–H groups in total. The standard InChI is InChI=1S/C19H17ClN2O3S/c1-2-14-6-5-7-15(12-14)21-19(23)17-13-16(8-9-18(17)20)26(24,25)22-10-3-4-11-22/h1,5-9,12-13H,3-4,10-11H2,(H,21,23). The van der Waals surface area contributed by atoms with Crippen molar-refractivity contribution in [2.45, 2.75) is 17.7 Å². The lowest BCUT2D eigenvalue weighted by Gasteiger charge is -2.16. The lowest BCUT2D eigenvalue weighted by Crippen LogP contribution is -2.28. The molecule has 26 heavy (non-hydrogen) atoms. The number of anilines is 1. The van der Waals surface area contributed by atoms with Gasteiger partial charge in [0.15, 0.2) is 0 Å². The first kappa shape index (κ1) is 18.5. The van der Waals surface area contributed by atoms with Crippen LogP contribution in [0.3, 0.4) is 0 Å². The Labute approximate surface area is 158 Å². The Hall–Kier alpha value is -2.33. The topological polar surface area (TPSA) is 66.5 Å². The monoisotopic (exact) mass is 388 g/mol. The van der Waals surface area contributed by atoms with E-state index < -0.39 is 15.9 Å². The molecular formula is C19H17ClN2O3S. The summed E-state index contributed by atoms with van der Waals surface area (Å²) in [5.41, 5.74) is 1.23. The number of hydrogen-bond donors (Lipinski definition) is 1. The number of nitrogens with zero attached hydrogens (tertiary/aromatic N) is 1. The van der Waals surface area contributed by atoms with Crippen molar-refractivity contribution < 1.29 is 13.2 Å². The highest BCUT2D eigenvalue weighted by Crippen LogP contribution is 2.26. The van der Waals surface area contributed by atoms with Crippen molar-refractivity contribution in [2.75, 3.05) is 18.4 Å². The smallest absolute Gasteiger partial charge is 0.257 e. The largest absolute Gasteiger partial charge is 0.322 e. The highest BCUT2D eigenvalue weighted by atomic mass is 35.5. The molecule has 1 fully saturated rings. The molecule has 1 aliphatic rings. The van der Waals surface area contributed by atoms with E-state index >= 15 is 0 Å². The first-order valence-electron chi connectivity index (χ1n) is 8.09. The van der Waals surface area contributed by atoms with Crippen LogP contribution < -0.4 is 5.32 Å². The highest BCUT2D eigenvalue weighted by Gasteiger charge is 2.28. The number of nitrogens with one attached hydrogen (secondary N) is 1. The van der Waals surface area contributed by atoms with Crippen LogP contribution in [0.2, 0.25) is 5.02 Å². The average molecular weight is 389 g/mol. The number of rotatable bonds is 4. The Balaban J connectivity index is 1.90. The maximum absolute atomic E-state index is 12.7. The molecule has 0 atom stereocenters. The quantitative estimate of drug-likeness (QED) is 0.817. The van der Waals surface area contributed by atoms with Crippen molar-refractivity contribution in [3.05, 3.63) is 58.6 Å². The summed E-state index contributed by atoms with van der Waals surface area (Å²) in [6.45, 7) is 0.983. The van der Waals surface area contributed by atoms with Gasteiger partial charge in [0.25, 0.3) is 5.91 Å². The Morgan fingerprint density at radius 1 is 1.15 bits per heavy atom. The van der Waals surface area contributed by atoms with E-state index in [0.29, 0.717) is 24.3 Å². The Kier molecular flexibility index (Phi) is 5.33. The number of hydrogen-bond acceptors (Lipinski definition) is 3. The van der Waals surface area contributed by atoms with Crippen LogP contribution >= 0.6 is 11.6 Å². The average Bonchev–Trinajstić information content (AvgIpc) is 3.17. The van der Waals surface area contributed by atoms with Gasteiger partial charge in [-0.25, -0.2) is 8.42 Å². The second-order valence-electron chi connectivity index (χ2n) is 5.93. The summed E-state index contributed by atoms with van der Waals surface area (Å²) in [7, 11) is -3.63. The highest BCUT2D eigenvalue weighted by molar-refractivity contribution is 7.89. The number of halogens is 1. The number of benzene rings is 2. The molecule has 0 radical (unpaired) electrons. The zero-order chi connectivity index (χ0) is 18.7. The second kappa shape index (κ2) is 7.50. The molecule has 0 spiro atoms. The van der Waals surface area contributed by atoms with Crippen molar-refractivity contribution in [1.29, 1.82) is 0 Å². The fourth-order valence-electron chi connectivity index (χ4n) is 2.80. The van der Waals surface area contributed by atoms with Crippen LogP contribution in [0.1, 0.15) is 28.8 Å². The summed E-state index contributed by atoms with van der Waals surface area (Å²) in [4.78, 5) is 12.6. The minimum Gasteiger partial charge on any atom is -0.322 e. The molecule has 134 valence electrons. The van der Waals surface area contributed by atoms with E-state index in [1.807, 2.05) is 0 Å². The Morgan fingerprint density at radius 2 is 1.88 bits per heavy atom. The van der Waals surface area contributed by atoms with E-state index in [1.165, 1.54) is 22.5 Å². The summed E-state index contributed by atoms with van der Waals surface area (Å²) in [5, 5.41) is 2.87. The number of sulfonamides is 1. The van der Waals surface area contributed by atoms with Gasteiger partial charge in [-0.3, -0.25) is 4.79 Å². The van der Waals surface area contributed by atoms with Gasteiger partial charge in [-0.1, -0.05) is 23.6 Å². The molecule has 2 aromatic rings. The zero-order valence-electron chi connectivity index (χ0n) is 13.9. The van der Waals surface area contributed by atoms with Crippen LogP contribution in [-0.4, -0.2) is 31.7 Å². The minimum atomic E-state index is -3.63. The molecule has 1 amide bonds. The van der Waals surface area contributed by atoms with Crippen LogP contribution in [0.5, 0.6) is 0 Å². The van der Waals surface area contributed by atoms with Crippen LogP contribution in [0.4, 0.5) is 5.69 Å². The van der Waals surface area contributed by atoms with Gasteiger partial charge >= 0.3 is 0 Å². The minimum absolute atomic E-state index is 0.0614. The van der Waals surface area contributed by atoms with E-state index in [2.05, 4.69) is 11.2 Å². The van der Waals surface area contributed by atoms with Crippen LogP contribution in [0.25, 0.3) is 0 Å². The molecule has 0 bridgehead atoms. The van der Waals surface area contributed by atoms with E-state index in [0.717, 1.165) is 12.8 Å². The van der Waals surface area contributed by atoms with Gasteiger partial charge in [-0.15, -0.1) is 6.42 Å². The summed E-state index contributed by atoms with van der Waals surface area (Å²) in [6, 6.07) is 11.0. The van der Waals surface area contributed by atoms with Crippen molar-refractivity contribution in [2.24, 2.45) is 0 Å². The molecule has 3 rings (SSSR count). The first-order chi connectivity index (χ1) is 12.4. The first-order valence-corrected chi connectivity index (χ1v) is 9.91. The number of terminal acetylenes is 1. The molecule has 1 saturated heterocycles. The van der Waals surface area contributed by atoms with E-state index in [4.69, 9.17) is 18.0 Å². The molecule has 0 aromatic heterocycles. The van der Waals surface area contributed by atoms with Crippen molar-refractivity contribution in [3.8, 4) is 12.3 Å².